The number of benzene rings is 2. The van der Waals surface area contributed by atoms with Gasteiger partial charge in [0.1, 0.15) is 0 Å². The van der Waals surface area contributed by atoms with Crippen LogP contribution in [0.15, 0.2) is 54.6 Å². The van der Waals surface area contributed by atoms with E-state index in [1.54, 1.807) is 6.92 Å². The van der Waals surface area contributed by atoms with Crippen LogP contribution in [0, 0.1) is 5.92 Å². The summed E-state index contributed by atoms with van der Waals surface area (Å²) >= 11 is 0. The maximum absolute atomic E-state index is 12.9. The summed E-state index contributed by atoms with van der Waals surface area (Å²) in [5.41, 5.74) is 3.28. The second-order valence-corrected chi connectivity index (χ2v) is 8.47. The first kappa shape index (κ1) is 20.5. The van der Waals surface area contributed by atoms with Gasteiger partial charge in [-0.3, -0.25) is 9.59 Å². The number of hydrogen-bond donors (Lipinski definition) is 0. The standard InChI is InChI=1S/C25H31N3O2/c1-20(29)26-13-11-22(12-14-26)19-21-7-9-23(10-8-21)25(30)28-17-15-27(16-18-28)24-5-3-2-4-6-24/h2-10,22H,11-19H2,1H3. The first-order valence-electron chi connectivity index (χ1n) is 11.0. The molecular formula is C25H31N3O2. The van der Waals surface area contributed by atoms with Crippen LogP contribution in [0.3, 0.4) is 0 Å². The van der Waals surface area contributed by atoms with Gasteiger partial charge in [0.25, 0.3) is 5.91 Å². The third-order valence-corrected chi connectivity index (χ3v) is 6.47. The minimum absolute atomic E-state index is 0.129. The molecule has 2 aliphatic rings. The zero-order chi connectivity index (χ0) is 20.9. The van der Waals surface area contributed by atoms with Crippen molar-refractivity contribution in [3.05, 3.63) is 65.7 Å². The average Bonchev–Trinajstić information content (AvgIpc) is 2.80. The summed E-state index contributed by atoms with van der Waals surface area (Å²) in [5.74, 6) is 0.929. The number of piperidine rings is 1. The van der Waals surface area contributed by atoms with Crippen LogP contribution >= 0.6 is 0 Å². The molecule has 2 heterocycles. The van der Waals surface area contributed by atoms with E-state index in [0.717, 1.165) is 64.1 Å². The normalized spacial score (nSPS) is 17.8. The van der Waals surface area contributed by atoms with Crippen LogP contribution in [-0.2, 0) is 11.2 Å². The van der Waals surface area contributed by atoms with E-state index in [4.69, 9.17) is 0 Å². The molecule has 0 unspecified atom stereocenters. The molecule has 5 nitrogen and oxygen atoms in total. The predicted octanol–water partition coefficient (Wildman–Crippen LogP) is 3.45. The molecule has 2 aromatic carbocycles. The number of hydrogen-bond acceptors (Lipinski definition) is 3. The molecule has 158 valence electrons. The number of carbonyl (C=O) groups excluding carboxylic acids is 2. The Balaban J connectivity index is 1.28. The third kappa shape index (κ3) is 4.84. The molecule has 30 heavy (non-hydrogen) atoms. The average molecular weight is 406 g/mol. The molecule has 2 saturated heterocycles. The number of nitrogens with zero attached hydrogens (tertiary/aromatic N) is 3. The van der Waals surface area contributed by atoms with Crippen LogP contribution in [-0.4, -0.2) is 60.9 Å². The Hall–Kier alpha value is -2.82. The Bertz CT molecular complexity index is 850. The number of carbonyl (C=O) groups is 2. The van der Waals surface area contributed by atoms with Gasteiger partial charge in [-0.25, -0.2) is 0 Å². The molecule has 0 bridgehead atoms. The SMILES string of the molecule is CC(=O)N1CCC(Cc2ccc(C(=O)N3CCN(c4ccccc4)CC3)cc2)CC1. The van der Waals surface area contributed by atoms with Crippen LogP contribution in [0.4, 0.5) is 5.69 Å². The Kier molecular flexibility index (Phi) is 6.36. The molecule has 0 radical (unpaired) electrons. The first-order chi connectivity index (χ1) is 14.6. The topological polar surface area (TPSA) is 43.9 Å². The smallest absolute Gasteiger partial charge is 0.253 e. The van der Waals surface area contributed by atoms with Crippen LogP contribution < -0.4 is 4.90 Å². The van der Waals surface area contributed by atoms with Gasteiger partial charge in [0, 0.05) is 57.4 Å². The van der Waals surface area contributed by atoms with Crippen LogP contribution in [0.2, 0.25) is 0 Å². The predicted molar refractivity (Wildman–Crippen MR) is 120 cm³/mol. The lowest BCUT2D eigenvalue weighted by Crippen LogP contribution is -2.48. The Morgan fingerprint density at radius 2 is 1.43 bits per heavy atom. The summed E-state index contributed by atoms with van der Waals surface area (Å²) in [7, 11) is 0. The third-order valence-electron chi connectivity index (χ3n) is 6.47. The fourth-order valence-corrected chi connectivity index (χ4v) is 4.56. The quantitative estimate of drug-likeness (QED) is 0.783. The zero-order valence-electron chi connectivity index (χ0n) is 17.8. The molecule has 5 heteroatoms. The van der Waals surface area contributed by atoms with E-state index in [2.05, 4.69) is 41.3 Å². The second kappa shape index (κ2) is 9.33. The number of likely N-dealkylation sites (tertiary alicyclic amines) is 1. The van der Waals surface area contributed by atoms with Gasteiger partial charge in [-0.2, -0.15) is 0 Å². The van der Waals surface area contributed by atoms with Gasteiger partial charge in [-0.15, -0.1) is 0 Å². The Morgan fingerprint density at radius 1 is 0.800 bits per heavy atom. The Labute approximate surface area is 179 Å². The fraction of sp³-hybridized carbons (Fsp3) is 0.440. The number of rotatable bonds is 4. The first-order valence-corrected chi connectivity index (χ1v) is 11.0. The molecule has 2 amide bonds. The highest BCUT2D eigenvalue weighted by Crippen LogP contribution is 2.22. The van der Waals surface area contributed by atoms with Gasteiger partial charge in [-0.05, 0) is 55.0 Å². The number of piperazine rings is 1. The lowest BCUT2D eigenvalue weighted by atomic mass is 9.90. The Morgan fingerprint density at radius 3 is 2.03 bits per heavy atom. The van der Waals surface area contributed by atoms with Crippen molar-refractivity contribution >= 4 is 17.5 Å². The molecule has 0 aliphatic carbocycles. The van der Waals surface area contributed by atoms with Gasteiger partial charge in [0.05, 0.1) is 0 Å². The van der Waals surface area contributed by atoms with Gasteiger partial charge >= 0.3 is 0 Å². The van der Waals surface area contributed by atoms with E-state index >= 15 is 0 Å². The molecule has 0 saturated carbocycles. The molecule has 2 aromatic rings. The van der Waals surface area contributed by atoms with Gasteiger partial charge in [-0.1, -0.05) is 30.3 Å². The largest absolute Gasteiger partial charge is 0.368 e. The van der Waals surface area contributed by atoms with E-state index < -0.39 is 0 Å². The maximum atomic E-state index is 12.9. The molecule has 4 rings (SSSR count). The van der Waals surface area contributed by atoms with Crippen molar-refractivity contribution in [1.82, 2.24) is 9.80 Å². The van der Waals surface area contributed by atoms with Gasteiger partial charge < -0.3 is 14.7 Å². The van der Waals surface area contributed by atoms with Crippen molar-refractivity contribution in [2.24, 2.45) is 5.92 Å². The van der Waals surface area contributed by atoms with Gasteiger partial charge in [0.15, 0.2) is 0 Å². The van der Waals surface area contributed by atoms with E-state index in [0.29, 0.717) is 5.92 Å². The van der Waals surface area contributed by atoms with E-state index in [1.807, 2.05) is 28.0 Å². The zero-order valence-corrected chi connectivity index (χ0v) is 17.8. The van der Waals surface area contributed by atoms with Crippen molar-refractivity contribution in [2.45, 2.75) is 26.2 Å². The summed E-state index contributed by atoms with van der Waals surface area (Å²) in [6, 6.07) is 18.6. The van der Waals surface area contributed by atoms with Crippen molar-refractivity contribution in [3.8, 4) is 0 Å². The number of para-hydroxylation sites is 1. The van der Waals surface area contributed by atoms with Crippen molar-refractivity contribution < 1.29 is 9.59 Å². The van der Waals surface area contributed by atoms with Crippen LogP contribution in [0.25, 0.3) is 0 Å². The summed E-state index contributed by atoms with van der Waals surface area (Å²) < 4.78 is 0. The van der Waals surface area contributed by atoms with E-state index in [9.17, 15) is 9.59 Å². The molecule has 0 N–H and O–H groups in total. The van der Waals surface area contributed by atoms with Gasteiger partial charge in [0.2, 0.25) is 5.91 Å². The minimum Gasteiger partial charge on any atom is -0.368 e. The second-order valence-electron chi connectivity index (χ2n) is 8.47. The van der Waals surface area contributed by atoms with E-state index in [-0.39, 0.29) is 11.8 Å². The van der Waals surface area contributed by atoms with Crippen molar-refractivity contribution in [3.63, 3.8) is 0 Å². The minimum atomic E-state index is 0.129. The monoisotopic (exact) mass is 405 g/mol. The molecule has 2 aliphatic heterocycles. The van der Waals surface area contributed by atoms with Crippen molar-refractivity contribution in [1.29, 1.82) is 0 Å². The molecule has 0 aromatic heterocycles. The van der Waals surface area contributed by atoms with E-state index in [1.165, 1.54) is 11.3 Å². The number of anilines is 1. The summed E-state index contributed by atoms with van der Waals surface area (Å²) in [6.07, 6.45) is 3.15. The van der Waals surface area contributed by atoms with Crippen LogP contribution in [0.1, 0.15) is 35.7 Å². The highest BCUT2D eigenvalue weighted by molar-refractivity contribution is 5.94. The lowest BCUT2D eigenvalue weighted by Gasteiger charge is -2.36. The number of amides is 2. The van der Waals surface area contributed by atoms with Crippen LogP contribution in [0.5, 0.6) is 0 Å². The summed E-state index contributed by atoms with van der Waals surface area (Å²) in [4.78, 5) is 30.6. The highest BCUT2D eigenvalue weighted by Gasteiger charge is 2.23. The van der Waals surface area contributed by atoms with Crippen molar-refractivity contribution in [2.75, 3.05) is 44.2 Å². The summed E-state index contributed by atoms with van der Waals surface area (Å²) in [5, 5.41) is 0. The molecule has 0 atom stereocenters. The molecule has 2 fully saturated rings. The molecular weight excluding hydrogens is 374 g/mol. The highest BCUT2D eigenvalue weighted by atomic mass is 16.2. The maximum Gasteiger partial charge on any atom is 0.253 e. The molecule has 0 spiro atoms. The lowest BCUT2D eigenvalue weighted by molar-refractivity contribution is -0.130. The summed E-state index contributed by atoms with van der Waals surface area (Å²) in [6.45, 7) is 6.63. The fourth-order valence-electron chi connectivity index (χ4n) is 4.56.